The first-order valence-electron chi connectivity index (χ1n) is 9.89. The van der Waals surface area contributed by atoms with E-state index in [2.05, 4.69) is 11.9 Å². The molecule has 0 unspecified atom stereocenters. The Kier molecular flexibility index (Phi) is 6.65. The van der Waals surface area contributed by atoms with Crippen molar-refractivity contribution < 1.29 is 0 Å². The minimum Gasteiger partial charge on any atom is -0.0809 e. The van der Waals surface area contributed by atoms with Crippen LogP contribution in [0.4, 0.5) is 0 Å². The summed E-state index contributed by atoms with van der Waals surface area (Å²) < 4.78 is 0. The van der Waals surface area contributed by atoms with Crippen molar-refractivity contribution in [3.63, 3.8) is 0 Å². The molecular formula is C20H35P. The van der Waals surface area contributed by atoms with Crippen LogP contribution in [0.5, 0.6) is 0 Å². The van der Waals surface area contributed by atoms with Gasteiger partial charge in [-0.15, -0.1) is 0 Å². The number of rotatable bonds is 4. The Hall–Kier alpha value is 0.170. The molecule has 0 radical (unpaired) electrons. The van der Waals surface area contributed by atoms with Crippen LogP contribution >= 0.6 is 7.92 Å². The zero-order valence-corrected chi connectivity index (χ0v) is 14.8. The molecule has 3 fully saturated rings. The quantitative estimate of drug-likeness (QED) is 0.481. The minimum absolute atomic E-state index is 0.198. The summed E-state index contributed by atoms with van der Waals surface area (Å²) in [4.78, 5) is 0. The Morgan fingerprint density at radius 3 is 1.43 bits per heavy atom. The van der Waals surface area contributed by atoms with Gasteiger partial charge in [0.15, 0.2) is 0 Å². The molecule has 0 aromatic rings. The minimum atomic E-state index is 0.198. The van der Waals surface area contributed by atoms with E-state index in [9.17, 15) is 0 Å². The van der Waals surface area contributed by atoms with E-state index >= 15 is 0 Å². The first kappa shape index (κ1) is 16.0. The van der Waals surface area contributed by atoms with Crippen molar-refractivity contribution in [3.05, 3.63) is 11.9 Å². The zero-order valence-electron chi connectivity index (χ0n) is 13.9. The lowest BCUT2D eigenvalue weighted by Gasteiger charge is -2.37. The smallest absolute Gasteiger partial charge is 0.0172 e. The fourth-order valence-corrected chi connectivity index (χ4v) is 8.30. The lowest BCUT2D eigenvalue weighted by Crippen LogP contribution is -2.19. The van der Waals surface area contributed by atoms with Crippen LogP contribution in [0.2, 0.25) is 0 Å². The van der Waals surface area contributed by atoms with Gasteiger partial charge in [0.25, 0.3) is 0 Å². The van der Waals surface area contributed by atoms with Crippen LogP contribution < -0.4 is 0 Å². The SMILES string of the molecule is C(=C\P(C1CCCCC1)C1CCCCC1)/C1CCCCC1. The molecule has 0 atom stereocenters. The first-order valence-corrected chi connectivity index (χ1v) is 11.4. The van der Waals surface area contributed by atoms with Crippen molar-refractivity contribution >= 4 is 7.92 Å². The van der Waals surface area contributed by atoms with Gasteiger partial charge in [0, 0.05) is 0 Å². The highest BCUT2D eigenvalue weighted by Gasteiger charge is 2.29. The summed E-state index contributed by atoms with van der Waals surface area (Å²) in [6.45, 7) is 0. The second kappa shape index (κ2) is 8.71. The van der Waals surface area contributed by atoms with Gasteiger partial charge in [-0.2, -0.15) is 0 Å². The van der Waals surface area contributed by atoms with Gasteiger partial charge >= 0.3 is 0 Å². The van der Waals surface area contributed by atoms with Gasteiger partial charge in [-0.3, -0.25) is 0 Å². The van der Waals surface area contributed by atoms with E-state index in [1.807, 2.05) is 0 Å². The fraction of sp³-hybridized carbons (Fsp3) is 0.900. The third-order valence-electron chi connectivity index (χ3n) is 6.17. The molecule has 0 saturated heterocycles. The number of hydrogen-bond donors (Lipinski definition) is 0. The average Bonchev–Trinajstić information content (AvgIpc) is 2.58. The third-order valence-corrected chi connectivity index (χ3v) is 9.41. The maximum absolute atomic E-state index is 2.80. The maximum atomic E-state index is 2.80. The highest BCUT2D eigenvalue weighted by molar-refractivity contribution is 7.62. The van der Waals surface area contributed by atoms with Gasteiger partial charge < -0.3 is 0 Å². The van der Waals surface area contributed by atoms with E-state index < -0.39 is 0 Å². The molecule has 0 N–H and O–H groups in total. The summed E-state index contributed by atoms with van der Waals surface area (Å²) >= 11 is 0. The van der Waals surface area contributed by atoms with Crippen molar-refractivity contribution in [2.24, 2.45) is 5.92 Å². The second-order valence-electron chi connectivity index (χ2n) is 7.77. The highest BCUT2D eigenvalue weighted by atomic mass is 31.1. The highest BCUT2D eigenvalue weighted by Crippen LogP contribution is 2.57. The molecule has 3 rings (SSSR count). The van der Waals surface area contributed by atoms with Crippen LogP contribution in [0.15, 0.2) is 11.9 Å². The number of hydrogen-bond acceptors (Lipinski definition) is 0. The van der Waals surface area contributed by atoms with Crippen LogP contribution in [0, 0.1) is 5.92 Å². The Morgan fingerprint density at radius 2 is 0.952 bits per heavy atom. The Balaban J connectivity index is 1.63. The molecule has 0 aromatic carbocycles. The molecule has 3 aliphatic carbocycles. The van der Waals surface area contributed by atoms with Crippen molar-refractivity contribution in [2.75, 3.05) is 0 Å². The predicted molar refractivity (Wildman–Crippen MR) is 96.4 cm³/mol. The summed E-state index contributed by atoms with van der Waals surface area (Å²) in [7, 11) is 0.198. The fourth-order valence-electron chi connectivity index (χ4n) is 4.85. The van der Waals surface area contributed by atoms with Crippen LogP contribution in [-0.2, 0) is 0 Å². The van der Waals surface area contributed by atoms with Crippen LogP contribution in [0.25, 0.3) is 0 Å². The van der Waals surface area contributed by atoms with Gasteiger partial charge in [-0.25, -0.2) is 0 Å². The van der Waals surface area contributed by atoms with Crippen LogP contribution in [-0.4, -0.2) is 11.3 Å². The van der Waals surface area contributed by atoms with Gasteiger partial charge in [-0.05, 0) is 55.8 Å². The lowest BCUT2D eigenvalue weighted by atomic mass is 9.90. The molecule has 0 bridgehead atoms. The summed E-state index contributed by atoms with van der Waals surface area (Å²) in [5, 5.41) is 0. The Morgan fingerprint density at radius 1 is 0.524 bits per heavy atom. The molecule has 21 heavy (non-hydrogen) atoms. The van der Waals surface area contributed by atoms with Crippen molar-refractivity contribution in [3.8, 4) is 0 Å². The summed E-state index contributed by atoms with van der Waals surface area (Å²) in [5.74, 6) is 3.74. The summed E-state index contributed by atoms with van der Waals surface area (Å²) in [6, 6.07) is 0. The van der Waals surface area contributed by atoms with E-state index in [-0.39, 0.29) is 7.92 Å². The molecule has 0 spiro atoms. The van der Waals surface area contributed by atoms with E-state index in [0.29, 0.717) is 0 Å². The normalized spacial score (nSPS) is 27.7. The van der Waals surface area contributed by atoms with E-state index in [1.54, 1.807) is 25.7 Å². The van der Waals surface area contributed by atoms with Crippen molar-refractivity contribution in [1.29, 1.82) is 0 Å². The van der Waals surface area contributed by atoms with Gasteiger partial charge in [0.1, 0.15) is 0 Å². The molecule has 3 aliphatic rings. The summed E-state index contributed by atoms with van der Waals surface area (Å²) in [5.41, 5.74) is 2.19. The van der Waals surface area contributed by atoms with Gasteiger partial charge in [0.05, 0.1) is 0 Å². The predicted octanol–water partition coefficient (Wildman–Crippen LogP) is 7.23. The molecule has 0 nitrogen and oxygen atoms in total. The van der Waals surface area contributed by atoms with E-state index in [1.165, 1.54) is 70.6 Å². The van der Waals surface area contributed by atoms with Crippen LogP contribution in [0.3, 0.4) is 0 Å². The average molecular weight is 306 g/mol. The molecule has 120 valence electrons. The molecular weight excluding hydrogens is 271 g/mol. The van der Waals surface area contributed by atoms with E-state index in [4.69, 9.17) is 0 Å². The molecule has 0 aromatic heterocycles. The van der Waals surface area contributed by atoms with Gasteiger partial charge in [0.2, 0.25) is 0 Å². The standard InChI is InChI=1S/C20H35P/c1-4-10-18(11-5-1)16-17-21(19-12-6-2-7-13-19)20-14-8-3-9-15-20/h16-20H,1-15H2/b17-16+. The van der Waals surface area contributed by atoms with Crippen molar-refractivity contribution in [2.45, 2.75) is 108 Å². The van der Waals surface area contributed by atoms with Crippen molar-refractivity contribution in [1.82, 2.24) is 0 Å². The number of allylic oxidation sites excluding steroid dienone is 1. The molecule has 0 aliphatic heterocycles. The maximum Gasteiger partial charge on any atom is -0.0172 e. The topological polar surface area (TPSA) is 0 Å². The largest absolute Gasteiger partial charge is 0.0809 e. The molecule has 0 heterocycles. The zero-order chi connectivity index (χ0) is 14.3. The summed E-state index contributed by atoms with van der Waals surface area (Å²) in [6.07, 6.45) is 25.4. The first-order chi connectivity index (χ1) is 10.4. The Labute approximate surface area is 133 Å². The second-order valence-corrected chi connectivity index (χ2v) is 10.4. The Bertz CT molecular complexity index is 286. The van der Waals surface area contributed by atoms with E-state index in [0.717, 1.165) is 17.2 Å². The molecule has 0 amide bonds. The lowest BCUT2D eigenvalue weighted by molar-refractivity contribution is 0.419. The van der Waals surface area contributed by atoms with Crippen LogP contribution in [0.1, 0.15) is 96.3 Å². The molecule has 3 saturated carbocycles. The monoisotopic (exact) mass is 306 g/mol. The molecule has 1 heteroatoms. The third kappa shape index (κ3) is 4.82. The van der Waals surface area contributed by atoms with Gasteiger partial charge in [-0.1, -0.05) is 77.6 Å².